The molecule has 0 bridgehead atoms. The van der Waals surface area contributed by atoms with E-state index in [1.54, 1.807) is 13.8 Å². The zero-order valence-electron chi connectivity index (χ0n) is 17.5. The van der Waals surface area contributed by atoms with Gasteiger partial charge >= 0.3 is 5.97 Å². The lowest BCUT2D eigenvalue weighted by Gasteiger charge is -2.18. The Labute approximate surface area is 181 Å². The maximum Gasteiger partial charge on any atom is 0.338 e. The molecule has 0 saturated heterocycles. The summed E-state index contributed by atoms with van der Waals surface area (Å²) < 4.78 is 31.5. The maximum absolute atomic E-state index is 12.5. The fourth-order valence-corrected chi connectivity index (χ4v) is 4.18. The average molecular weight is 448 g/mol. The van der Waals surface area contributed by atoms with E-state index in [0.717, 1.165) is 0 Å². The van der Waals surface area contributed by atoms with Crippen LogP contribution in [0.15, 0.2) is 53.4 Å². The van der Waals surface area contributed by atoms with Crippen LogP contribution >= 0.6 is 0 Å². The van der Waals surface area contributed by atoms with Crippen LogP contribution in [0.4, 0.5) is 5.69 Å². The Kier molecular flexibility index (Phi) is 7.89. The topological polar surface area (TPSA) is 136 Å². The summed E-state index contributed by atoms with van der Waals surface area (Å²) in [6, 6.07) is 11.3. The fourth-order valence-electron chi connectivity index (χ4n) is 2.72. The summed E-state index contributed by atoms with van der Waals surface area (Å²) in [5.74, 6) is -1.92. The van der Waals surface area contributed by atoms with E-state index in [4.69, 9.17) is 10.5 Å². The number of rotatable bonds is 9. The summed E-state index contributed by atoms with van der Waals surface area (Å²) in [5.41, 5.74) is 5.98. The molecule has 9 nitrogen and oxygen atoms in total. The number of primary amides is 1. The van der Waals surface area contributed by atoms with Crippen LogP contribution in [0.2, 0.25) is 0 Å². The quantitative estimate of drug-likeness (QED) is 0.564. The van der Waals surface area contributed by atoms with Gasteiger partial charge in [0, 0.05) is 24.3 Å². The van der Waals surface area contributed by atoms with Gasteiger partial charge in [0.25, 0.3) is 5.91 Å². The fraction of sp³-hybridized carbons (Fsp3) is 0.286. The van der Waals surface area contributed by atoms with Gasteiger partial charge in [-0.05, 0) is 55.5 Å². The molecule has 0 heterocycles. The Morgan fingerprint density at radius 3 is 1.97 bits per heavy atom. The van der Waals surface area contributed by atoms with Gasteiger partial charge in [0.2, 0.25) is 15.9 Å². The van der Waals surface area contributed by atoms with Crippen LogP contribution in [-0.2, 0) is 19.6 Å². The van der Waals surface area contributed by atoms with Crippen molar-refractivity contribution >= 4 is 33.5 Å². The van der Waals surface area contributed by atoms with Gasteiger partial charge < -0.3 is 15.8 Å². The Bertz CT molecular complexity index is 1050. The zero-order chi connectivity index (χ0) is 23.2. The highest BCUT2D eigenvalue weighted by atomic mass is 32.2. The highest BCUT2D eigenvalue weighted by molar-refractivity contribution is 7.89. The van der Waals surface area contributed by atoms with E-state index in [9.17, 15) is 22.8 Å². The predicted octanol–water partition coefficient (Wildman–Crippen LogP) is 2.00. The summed E-state index contributed by atoms with van der Waals surface area (Å²) in [5, 5.41) is 2.57. The number of benzene rings is 2. The van der Waals surface area contributed by atoms with Crippen LogP contribution in [0, 0.1) is 0 Å². The minimum Gasteiger partial charge on any atom is -0.449 e. The van der Waals surface area contributed by atoms with Gasteiger partial charge in [-0.3, -0.25) is 9.59 Å². The van der Waals surface area contributed by atoms with E-state index in [1.807, 2.05) is 0 Å². The molecule has 2 rings (SSSR count). The highest BCUT2D eigenvalue weighted by Gasteiger charge is 2.23. The first-order valence-corrected chi connectivity index (χ1v) is 11.1. The number of hydrogen-bond donors (Lipinski definition) is 2. The molecule has 0 saturated carbocycles. The van der Waals surface area contributed by atoms with E-state index in [1.165, 1.54) is 59.8 Å². The van der Waals surface area contributed by atoms with Crippen molar-refractivity contribution in [1.29, 1.82) is 0 Å². The first-order chi connectivity index (χ1) is 14.6. The van der Waals surface area contributed by atoms with Gasteiger partial charge in [0.1, 0.15) is 0 Å². The van der Waals surface area contributed by atoms with Crippen molar-refractivity contribution in [3.8, 4) is 0 Å². The standard InChI is InChI=1S/C21H25N3O6S/c1-4-24(5-2)31(28,29)18-12-8-16(9-13-18)21(27)30-14(3)20(26)23-17-10-6-15(7-11-17)19(22)25/h6-14H,4-5H2,1-3H3,(H2,22,25)(H,23,26)/t14-/m1/s1. The number of amides is 2. The molecule has 0 aromatic heterocycles. The van der Waals surface area contributed by atoms with Crippen LogP contribution in [0.5, 0.6) is 0 Å². The number of sulfonamides is 1. The zero-order valence-corrected chi connectivity index (χ0v) is 18.3. The number of nitrogens with zero attached hydrogens (tertiary/aromatic N) is 1. The number of carbonyl (C=O) groups excluding carboxylic acids is 3. The van der Waals surface area contributed by atoms with Crippen molar-refractivity contribution < 1.29 is 27.5 Å². The molecule has 0 aliphatic carbocycles. The van der Waals surface area contributed by atoms with E-state index in [2.05, 4.69) is 5.32 Å². The second-order valence-corrected chi connectivity index (χ2v) is 8.53. The van der Waals surface area contributed by atoms with E-state index < -0.39 is 33.9 Å². The van der Waals surface area contributed by atoms with E-state index in [0.29, 0.717) is 24.3 Å². The SMILES string of the molecule is CCN(CC)S(=O)(=O)c1ccc(C(=O)O[C@H](C)C(=O)Nc2ccc(C(N)=O)cc2)cc1. The summed E-state index contributed by atoms with van der Waals surface area (Å²) in [6.07, 6.45) is -1.11. The number of anilines is 1. The molecule has 0 fully saturated rings. The molecule has 1 atom stereocenters. The summed E-state index contributed by atoms with van der Waals surface area (Å²) in [4.78, 5) is 35.7. The van der Waals surface area contributed by atoms with Gasteiger partial charge in [-0.15, -0.1) is 0 Å². The average Bonchev–Trinajstić information content (AvgIpc) is 2.74. The second-order valence-electron chi connectivity index (χ2n) is 6.59. The number of nitrogens with one attached hydrogen (secondary N) is 1. The lowest BCUT2D eigenvalue weighted by atomic mass is 10.2. The first-order valence-electron chi connectivity index (χ1n) is 9.62. The predicted molar refractivity (Wildman–Crippen MR) is 115 cm³/mol. The molecule has 31 heavy (non-hydrogen) atoms. The van der Waals surface area contributed by atoms with Gasteiger partial charge in [-0.2, -0.15) is 4.31 Å². The number of nitrogens with two attached hydrogens (primary N) is 1. The first kappa shape index (κ1) is 24.0. The van der Waals surface area contributed by atoms with Gasteiger partial charge in [0.05, 0.1) is 10.5 Å². The normalized spacial score (nSPS) is 12.3. The molecular formula is C21H25N3O6S. The minimum atomic E-state index is -3.64. The Morgan fingerprint density at radius 2 is 1.48 bits per heavy atom. The van der Waals surface area contributed by atoms with Crippen molar-refractivity contribution in [2.45, 2.75) is 31.8 Å². The molecular weight excluding hydrogens is 422 g/mol. The van der Waals surface area contributed by atoms with Crippen LogP contribution < -0.4 is 11.1 Å². The minimum absolute atomic E-state index is 0.0675. The van der Waals surface area contributed by atoms with Crippen molar-refractivity contribution in [2.75, 3.05) is 18.4 Å². The van der Waals surface area contributed by atoms with Crippen molar-refractivity contribution in [3.05, 3.63) is 59.7 Å². The van der Waals surface area contributed by atoms with E-state index in [-0.39, 0.29) is 10.5 Å². The Balaban J connectivity index is 2.02. The molecule has 0 spiro atoms. The summed E-state index contributed by atoms with van der Waals surface area (Å²) in [7, 11) is -3.64. The molecule has 2 aromatic rings. The highest BCUT2D eigenvalue weighted by Crippen LogP contribution is 2.17. The molecule has 0 radical (unpaired) electrons. The van der Waals surface area contributed by atoms with Crippen LogP contribution in [0.25, 0.3) is 0 Å². The third-order valence-corrected chi connectivity index (χ3v) is 6.59. The van der Waals surface area contributed by atoms with Crippen molar-refractivity contribution in [1.82, 2.24) is 4.31 Å². The monoisotopic (exact) mass is 447 g/mol. The number of carbonyl (C=O) groups is 3. The summed E-state index contributed by atoms with van der Waals surface area (Å²) >= 11 is 0. The van der Waals surface area contributed by atoms with Crippen LogP contribution in [-0.4, -0.2) is 49.7 Å². The van der Waals surface area contributed by atoms with E-state index >= 15 is 0 Å². The maximum atomic E-state index is 12.5. The van der Waals surface area contributed by atoms with Crippen molar-refractivity contribution in [3.63, 3.8) is 0 Å². The molecule has 0 unspecified atom stereocenters. The largest absolute Gasteiger partial charge is 0.449 e. The molecule has 10 heteroatoms. The lowest BCUT2D eigenvalue weighted by Crippen LogP contribution is -2.31. The van der Waals surface area contributed by atoms with Gasteiger partial charge in [-0.1, -0.05) is 13.8 Å². The van der Waals surface area contributed by atoms with Gasteiger partial charge in [-0.25, -0.2) is 13.2 Å². The molecule has 0 aliphatic rings. The van der Waals surface area contributed by atoms with Crippen LogP contribution in [0.1, 0.15) is 41.5 Å². The van der Waals surface area contributed by atoms with Crippen LogP contribution in [0.3, 0.4) is 0 Å². The number of hydrogen-bond acceptors (Lipinski definition) is 6. The number of ether oxygens (including phenoxy) is 1. The Hall–Kier alpha value is -3.24. The third kappa shape index (κ3) is 5.89. The molecule has 2 aromatic carbocycles. The number of esters is 1. The Morgan fingerprint density at radius 1 is 0.968 bits per heavy atom. The molecule has 0 aliphatic heterocycles. The molecule has 2 amide bonds. The molecule has 166 valence electrons. The third-order valence-electron chi connectivity index (χ3n) is 4.52. The lowest BCUT2D eigenvalue weighted by molar-refractivity contribution is -0.123. The van der Waals surface area contributed by atoms with Gasteiger partial charge in [0.15, 0.2) is 6.10 Å². The molecule has 3 N–H and O–H groups in total. The summed E-state index contributed by atoms with van der Waals surface area (Å²) in [6.45, 7) is 5.56. The smallest absolute Gasteiger partial charge is 0.338 e. The van der Waals surface area contributed by atoms with Crippen molar-refractivity contribution in [2.24, 2.45) is 5.73 Å². The second kappa shape index (κ2) is 10.2.